The second-order valence-corrected chi connectivity index (χ2v) is 8.47. The normalized spacial score (nSPS) is 22.9. The number of carbonyl (C=O) groups is 2. The molecule has 2 amide bonds. The highest BCUT2D eigenvalue weighted by Gasteiger charge is 2.40. The van der Waals surface area contributed by atoms with Crippen LogP contribution in [0.3, 0.4) is 0 Å². The van der Waals surface area contributed by atoms with E-state index < -0.39 is 36.4 Å². The van der Waals surface area contributed by atoms with Crippen molar-refractivity contribution in [2.75, 3.05) is 12.0 Å². The van der Waals surface area contributed by atoms with E-state index in [0.29, 0.717) is 18.1 Å². The van der Waals surface area contributed by atoms with Crippen molar-refractivity contribution in [3.63, 3.8) is 0 Å². The predicted molar refractivity (Wildman–Crippen MR) is 101 cm³/mol. The number of primary amides is 1. The van der Waals surface area contributed by atoms with Gasteiger partial charge in [-0.2, -0.15) is 11.8 Å². The van der Waals surface area contributed by atoms with Gasteiger partial charge in [0, 0.05) is 5.75 Å². The molecule has 0 aliphatic heterocycles. The van der Waals surface area contributed by atoms with E-state index in [0.717, 1.165) is 38.5 Å². The molecule has 0 radical (unpaired) electrons. The molecule has 4 atom stereocenters. The number of aliphatic hydroxyl groups excluding tert-OH is 2. The fraction of sp³-hybridized carbons (Fsp3) is 0.889. The van der Waals surface area contributed by atoms with E-state index in [1.807, 2.05) is 6.26 Å². The van der Waals surface area contributed by atoms with Crippen LogP contribution < -0.4 is 11.1 Å². The van der Waals surface area contributed by atoms with Crippen LogP contribution in [0.15, 0.2) is 0 Å². The van der Waals surface area contributed by atoms with E-state index in [1.165, 1.54) is 18.2 Å². The molecule has 7 nitrogen and oxygen atoms in total. The molecule has 4 unspecified atom stereocenters. The number of carbonyl (C=O) groups excluding carboxylic acids is 2. The number of alkyl carbamates (subject to hydrolysis) is 1. The summed E-state index contributed by atoms with van der Waals surface area (Å²) in [6.07, 6.45) is 6.16. The topological polar surface area (TPSA) is 122 Å². The first-order valence-corrected chi connectivity index (χ1v) is 10.9. The quantitative estimate of drug-likeness (QED) is 0.449. The maximum atomic E-state index is 12.3. The van der Waals surface area contributed by atoms with Gasteiger partial charge in [0.2, 0.25) is 5.91 Å². The average molecular weight is 389 g/mol. The van der Waals surface area contributed by atoms with Crippen LogP contribution >= 0.6 is 11.8 Å². The zero-order valence-corrected chi connectivity index (χ0v) is 16.2. The summed E-state index contributed by atoms with van der Waals surface area (Å²) < 4.78 is 5.46. The van der Waals surface area contributed by atoms with Crippen LogP contribution in [-0.2, 0) is 9.53 Å². The number of hydrogen-bond donors (Lipinski definition) is 4. The minimum atomic E-state index is -1.11. The molecule has 2 aliphatic carbocycles. The first kappa shape index (κ1) is 21.3. The van der Waals surface area contributed by atoms with Gasteiger partial charge in [-0.3, -0.25) is 4.79 Å². The molecule has 0 aromatic heterocycles. The van der Waals surface area contributed by atoms with E-state index in [2.05, 4.69) is 5.32 Å². The Hall–Kier alpha value is -0.990. The summed E-state index contributed by atoms with van der Waals surface area (Å²) in [5.41, 5.74) is 5.30. The first-order valence-electron chi connectivity index (χ1n) is 9.54. The lowest BCUT2D eigenvalue weighted by Crippen LogP contribution is -2.49. The van der Waals surface area contributed by atoms with Crippen molar-refractivity contribution in [3.05, 3.63) is 0 Å². The lowest BCUT2D eigenvalue weighted by atomic mass is 9.83. The smallest absolute Gasteiger partial charge is 0.408 e. The SMILES string of the molecule is CSCC(NC(=O)OC(CC1CCCCC1)C(O)C(O)C1CC1)C(N)=O. The van der Waals surface area contributed by atoms with Gasteiger partial charge in [-0.1, -0.05) is 32.1 Å². The molecule has 2 fully saturated rings. The molecule has 2 rings (SSSR count). The summed E-state index contributed by atoms with van der Waals surface area (Å²) in [5, 5.41) is 23.3. The Morgan fingerprint density at radius 2 is 1.85 bits per heavy atom. The van der Waals surface area contributed by atoms with E-state index in [-0.39, 0.29) is 5.92 Å². The Morgan fingerprint density at radius 1 is 1.19 bits per heavy atom. The van der Waals surface area contributed by atoms with Gasteiger partial charge in [0.15, 0.2) is 0 Å². The fourth-order valence-corrected chi connectivity index (χ4v) is 4.20. The number of hydrogen-bond acceptors (Lipinski definition) is 6. The number of ether oxygens (including phenoxy) is 1. The average Bonchev–Trinajstić information content (AvgIpc) is 3.45. The molecule has 5 N–H and O–H groups in total. The maximum absolute atomic E-state index is 12.3. The third-order valence-electron chi connectivity index (χ3n) is 5.35. The molecule has 26 heavy (non-hydrogen) atoms. The van der Waals surface area contributed by atoms with Gasteiger partial charge < -0.3 is 26.0 Å². The number of aliphatic hydroxyl groups is 2. The summed E-state index contributed by atoms with van der Waals surface area (Å²) in [5.74, 6) is 0.185. The predicted octanol–water partition coefficient (Wildman–Crippen LogP) is 1.40. The van der Waals surface area contributed by atoms with E-state index >= 15 is 0 Å². The molecule has 150 valence electrons. The van der Waals surface area contributed by atoms with Crippen molar-refractivity contribution in [1.29, 1.82) is 0 Å². The third kappa shape index (κ3) is 6.63. The van der Waals surface area contributed by atoms with Gasteiger partial charge in [0.25, 0.3) is 0 Å². The number of rotatable bonds is 10. The van der Waals surface area contributed by atoms with Crippen molar-refractivity contribution >= 4 is 23.8 Å². The van der Waals surface area contributed by atoms with Crippen molar-refractivity contribution in [1.82, 2.24) is 5.32 Å². The van der Waals surface area contributed by atoms with Crippen LogP contribution in [0.1, 0.15) is 51.4 Å². The molecule has 8 heteroatoms. The second-order valence-electron chi connectivity index (χ2n) is 7.56. The molecule has 0 saturated heterocycles. The zero-order chi connectivity index (χ0) is 19.1. The van der Waals surface area contributed by atoms with Crippen molar-refractivity contribution in [2.45, 2.75) is 75.7 Å². The molecular formula is C18H32N2O5S. The van der Waals surface area contributed by atoms with Crippen molar-refractivity contribution in [2.24, 2.45) is 17.6 Å². The lowest BCUT2D eigenvalue weighted by molar-refractivity contribution is -0.119. The Morgan fingerprint density at radius 3 is 2.38 bits per heavy atom. The number of nitrogens with one attached hydrogen (secondary N) is 1. The summed E-state index contributed by atoms with van der Waals surface area (Å²) in [6, 6.07) is -0.821. The Bertz CT molecular complexity index is 468. The molecule has 2 aliphatic rings. The Labute approximate surface area is 159 Å². The second kappa shape index (κ2) is 10.4. The van der Waals surface area contributed by atoms with Crippen LogP contribution in [-0.4, -0.2) is 58.6 Å². The fourth-order valence-electron chi connectivity index (χ4n) is 3.62. The highest BCUT2D eigenvalue weighted by molar-refractivity contribution is 7.98. The van der Waals surface area contributed by atoms with Crippen molar-refractivity contribution in [3.8, 4) is 0 Å². The van der Waals surface area contributed by atoms with Gasteiger partial charge in [0.1, 0.15) is 18.2 Å². The third-order valence-corrected chi connectivity index (χ3v) is 6.02. The largest absolute Gasteiger partial charge is 0.443 e. The van der Waals surface area contributed by atoms with Crippen LogP contribution in [0.25, 0.3) is 0 Å². The molecule has 0 bridgehead atoms. The van der Waals surface area contributed by atoms with Gasteiger partial charge in [-0.25, -0.2) is 4.79 Å². The molecule has 0 aromatic rings. The highest BCUT2D eigenvalue weighted by Crippen LogP contribution is 2.36. The Kier molecular flexibility index (Phi) is 8.50. The van der Waals surface area contributed by atoms with Gasteiger partial charge in [0.05, 0.1) is 6.10 Å². The number of thioether (sulfide) groups is 1. The van der Waals surface area contributed by atoms with E-state index in [4.69, 9.17) is 10.5 Å². The van der Waals surface area contributed by atoms with Crippen LogP contribution in [0, 0.1) is 11.8 Å². The molecule has 2 saturated carbocycles. The summed E-state index contributed by atoms with van der Waals surface area (Å²) in [6.45, 7) is 0. The number of amides is 2. The summed E-state index contributed by atoms with van der Waals surface area (Å²) in [4.78, 5) is 23.7. The molecular weight excluding hydrogens is 356 g/mol. The summed E-state index contributed by atoms with van der Waals surface area (Å²) in [7, 11) is 0. The highest BCUT2D eigenvalue weighted by atomic mass is 32.2. The molecule has 0 heterocycles. The standard InChI is InChI=1S/C18H32N2O5S/c1-26-10-13(17(19)23)20-18(24)25-14(9-11-5-3-2-4-6-11)16(22)15(21)12-7-8-12/h11-16,21-22H,2-10H2,1H3,(H2,19,23)(H,20,24). The maximum Gasteiger partial charge on any atom is 0.408 e. The lowest BCUT2D eigenvalue weighted by Gasteiger charge is -2.31. The zero-order valence-electron chi connectivity index (χ0n) is 15.4. The van der Waals surface area contributed by atoms with Crippen LogP contribution in [0.5, 0.6) is 0 Å². The van der Waals surface area contributed by atoms with Crippen LogP contribution in [0.2, 0.25) is 0 Å². The number of nitrogens with two attached hydrogens (primary N) is 1. The van der Waals surface area contributed by atoms with Gasteiger partial charge in [-0.05, 0) is 37.4 Å². The monoisotopic (exact) mass is 388 g/mol. The molecule has 0 aromatic carbocycles. The minimum absolute atomic E-state index is 0.0837. The minimum Gasteiger partial charge on any atom is -0.443 e. The first-order chi connectivity index (χ1) is 12.4. The molecule has 0 spiro atoms. The van der Waals surface area contributed by atoms with Crippen LogP contribution in [0.4, 0.5) is 4.79 Å². The van der Waals surface area contributed by atoms with Gasteiger partial charge in [-0.15, -0.1) is 0 Å². The van der Waals surface area contributed by atoms with Gasteiger partial charge >= 0.3 is 6.09 Å². The van der Waals surface area contributed by atoms with E-state index in [1.54, 1.807) is 0 Å². The van der Waals surface area contributed by atoms with E-state index in [9.17, 15) is 19.8 Å². The summed E-state index contributed by atoms with van der Waals surface area (Å²) >= 11 is 1.39. The Balaban J connectivity index is 1.96. The van der Waals surface area contributed by atoms with Crippen molar-refractivity contribution < 1.29 is 24.5 Å².